The number of carboxylic acids is 1. The van der Waals surface area contributed by atoms with Crippen molar-refractivity contribution in [1.29, 1.82) is 0 Å². The molecule has 0 aliphatic carbocycles. The Hall–Kier alpha value is -1.10. The second-order valence-corrected chi connectivity index (χ2v) is 5.82. The standard InChI is InChI=1S/C14H25NO4/c1-9(2)10(3)5-13(16)15-8-12(19-4)6-11(15)7-14(17)18/h9-12H,5-8H2,1-4H3,(H,17,18). The van der Waals surface area contributed by atoms with E-state index in [9.17, 15) is 9.59 Å². The van der Waals surface area contributed by atoms with E-state index in [0.29, 0.717) is 31.2 Å². The number of rotatable bonds is 6. The molecule has 19 heavy (non-hydrogen) atoms. The third-order valence-corrected chi connectivity index (χ3v) is 4.07. The van der Waals surface area contributed by atoms with Gasteiger partial charge in [0.1, 0.15) is 0 Å². The van der Waals surface area contributed by atoms with E-state index in [0.717, 1.165) is 0 Å². The average Bonchev–Trinajstić information content (AvgIpc) is 2.71. The molecule has 0 aromatic heterocycles. The van der Waals surface area contributed by atoms with Gasteiger partial charge in [0, 0.05) is 26.1 Å². The van der Waals surface area contributed by atoms with Crippen molar-refractivity contribution in [3.05, 3.63) is 0 Å². The summed E-state index contributed by atoms with van der Waals surface area (Å²) in [7, 11) is 1.60. The lowest BCUT2D eigenvalue weighted by Gasteiger charge is -2.25. The van der Waals surface area contributed by atoms with Crippen LogP contribution < -0.4 is 0 Å². The van der Waals surface area contributed by atoms with Crippen LogP contribution in [-0.4, -0.2) is 47.7 Å². The molecule has 0 aromatic rings. The first-order chi connectivity index (χ1) is 8.85. The zero-order valence-electron chi connectivity index (χ0n) is 12.3. The number of carbonyl (C=O) groups excluding carboxylic acids is 1. The Morgan fingerprint density at radius 2 is 2.00 bits per heavy atom. The number of ether oxygens (including phenoxy) is 1. The average molecular weight is 271 g/mol. The Balaban J connectivity index is 2.66. The van der Waals surface area contributed by atoms with Crippen LogP contribution in [-0.2, 0) is 14.3 Å². The molecular formula is C14H25NO4. The maximum atomic E-state index is 12.3. The first-order valence-electron chi connectivity index (χ1n) is 6.89. The minimum absolute atomic E-state index is 0.00165. The number of nitrogens with zero attached hydrogens (tertiary/aromatic N) is 1. The van der Waals surface area contributed by atoms with Gasteiger partial charge in [-0.05, 0) is 18.3 Å². The van der Waals surface area contributed by atoms with E-state index in [2.05, 4.69) is 20.8 Å². The van der Waals surface area contributed by atoms with Crippen LogP contribution in [0.15, 0.2) is 0 Å². The molecule has 1 N–H and O–H groups in total. The number of amides is 1. The summed E-state index contributed by atoms with van der Waals surface area (Å²) >= 11 is 0. The van der Waals surface area contributed by atoms with Crippen LogP contribution in [0.3, 0.4) is 0 Å². The summed E-state index contributed by atoms with van der Waals surface area (Å²) in [5, 5.41) is 8.92. The lowest BCUT2D eigenvalue weighted by Crippen LogP contribution is -2.38. The van der Waals surface area contributed by atoms with Crippen molar-refractivity contribution in [3.8, 4) is 0 Å². The summed E-state index contributed by atoms with van der Waals surface area (Å²) < 4.78 is 5.27. The molecule has 3 atom stereocenters. The molecule has 5 heteroatoms. The van der Waals surface area contributed by atoms with Crippen molar-refractivity contribution in [3.63, 3.8) is 0 Å². The predicted octanol–water partition coefficient (Wildman–Crippen LogP) is 1.76. The molecule has 1 saturated heterocycles. The highest BCUT2D eigenvalue weighted by molar-refractivity contribution is 5.78. The minimum atomic E-state index is -0.864. The van der Waals surface area contributed by atoms with Crippen LogP contribution in [0.5, 0.6) is 0 Å². The monoisotopic (exact) mass is 271 g/mol. The largest absolute Gasteiger partial charge is 0.481 e. The van der Waals surface area contributed by atoms with E-state index in [1.54, 1.807) is 12.0 Å². The Bertz CT molecular complexity index is 329. The molecule has 1 heterocycles. The number of aliphatic carboxylic acids is 1. The van der Waals surface area contributed by atoms with Crippen molar-refractivity contribution in [2.45, 2.75) is 52.2 Å². The van der Waals surface area contributed by atoms with Gasteiger partial charge in [-0.2, -0.15) is 0 Å². The fraction of sp³-hybridized carbons (Fsp3) is 0.857. The van der Waals surface area contributed by atoms with Gasteiger partial charge in [-0.1, -0.05) is 20.8 Å². The molecule has 1 aliphatic heterocycles. The Labute approximate surface area is 114 Å². The minimum Gasteiger partial charge on any atom is -0.481 e. The topological polar surface area (TPSA) is 66.8 Å². The summed E-state index contributed by atoms with van der Waals surface area (Å²) in [6, 6.07) is -0.227. The molecular weight excluding hydrogens is 246 g/mol. The molecule has 0 saturated carbocycles. The van der Waals surface area contributed by atoms with Gasteiger partial charge in [-0.3, -0.25) is 9.59 Å². The highest BCUT2D eigenvalue weighted by Gasteiger charge is 2.36. The van der Waals surface area contributed by atoms with Crippen molar-refractivity contribution >= 4 is 11.9 Å². The number of carbonyl (C=O) groups is 2. The second-order valence-electron chi connectivity index (χ2n) is 5.82. The number of methoxy groups -OCH3 is 1. The number of likely N-dealkylation sites (tertiary alicyclic amines) is 1. The van der Waals surface area contributed by atoms with E-state index in [1.807, 2.05) is 0 Å². The lowest BCUT2D eigenvalue weighted by molar-refractivity contribution is -0.140. The molecule has 3 unspecified atom stereocenters. The quantitative estimate of drug-likeness (QED) is 0.799. The SMILES string of the molecule is COC1CC(CC(=O)O)N(C(=O)CC(C)C(C)C)C1. The predicted molar refractivity (Wildman–Crippen MR) is 71.8 cm³/mol. The Morgan fingerprint density at radius 3 is 2.47 bits per heavy atom. The van der Waals surface area contributed by atoms with Crippen molar-refractivity contribution in [1.82, 2.24) is 4.90 Å². The van der Waals surface area contributed by atoms with Crippen LogP contribution in [0, 0.1) is 11.8 Å². The highest BCUT2D eigenvalue weighted by Crippen LogP contribution is 2.25. The third-order valence-electron chi connectivity index (χ3n) is 4.07. The van der Waals surface area contributed by atoms with E-state index in [1.165, 1.54) is 0 Å². The van der Waals surface area contributed by atoms with Gasteiger partial charge in [0.05, 0.1) is 12.5 Å². The zero-order chi connectivity index (χ0) is 14.6. The van der Waals surface area contributed by atoms with Crippen LogP contribution in [0.2, 0.25) is 0 Å². The molecule has 1 fully saturated rings. The number of carboxylic acid groups (broad SMARTS) is 1. The summed E-state index contributed by atoms with van der Waals surface area (Å²) in [6.07, 6.45) is 1.05. The van der Waals surface area contributed by atoms with Gasteiger partial charge in [-0.25, -0.2) is 0 Å². The molecule has 1 amide bonds. The van der Waals surface area contributed by atoms with Crippen molar-refractivity contribution in [2.24, 2.45) is 11.8 Å². The van der Waals surface area contributed by atoms with Gasteiger partial charge in [0.2, 0.25) is 5.91 Å². The molecule has 1 rings (SSSR count). The van der Waals surface area contributed by atoms with Gasteiger partial charge in [-0.15, -0.1) is 0 Å². The van der Waals surface area contributed by atoms with Gasteiger partial charge in [0.15, 0.2) is 0 Å². The molecule has 0 aromatic carbocycles. The molecule has 0 spiro atoms. The molecule has 110 valence electrons. The summed E-state index contributed by atoms with van der Waals surface area (Å²) in [4.78, 5) is 24.9. The molecule has 0 bridgehead atoms. The smallest absolute Gasteiger partial charge is 0.305 e. The summed E-state index contributed by atoms with van der Waals surface area (Å²) in [5.74, 6) is -0.0641. The van der Waals surface area contributed by atoms with Crippen LogP contribution >= 0.6 is 0 Å². The van der Waals surface area contributed by atoms with Crippen molar-refractivity contribution < 1.29 is 19.4 Å². The molecule has 1 aliphatic rings. The van der Waals surface area contributed by atoms with E-state index in [-0.39, 0.29) is 24.5 Å². The molecule has 5 nitrogen and oxygen atoms in total. The van der Waals surface area contributed by atoms with Crippen LogP contribution in [0.4, 0.5) is 0 Å². The summed E-state index contributed by atoms with van der Waals surface area (Å²) in [6.45, 7) is 6.75. The maximum Gasteiger partial charge on any atom is 0.305 e. The highest BCUT2D eigenvalue weighted by atomic mass is 16.5. The lowest BCUT2D eigenvalue weighted by atomic mass is 9.94. The number of hydrogen-bond donors (Lipinski definition) is 1. The molecule has 0 radical (unpaired) electrons. The number of hydrogen-bond acceptors (Lipinski definition) is 3. The summed E-state index contributed by atoms with van der Waals surface area (Å²) in [5.41, 5.74) is 0. The van der Waals surface area contributed by atoms with E-state index >= 15 is 0 Å². The second kappa shape index (κ2) is 6.89. The van der Waals surface area contributed by atoms with Gasteiger partial charge < -0.3 is 14.7 Å². The normalized spacial score (nSPS) is 24.8. The van der Waals surface area contributed by atoms with E-state index < -0.39 is 5.97 Å². The maximum absolute atomic E-state index is 12.3. The third kappa shape index (κ3) is 4.49. The van der Waals surface area contributed by atoms with Gasteiger partial charge in [0.25, 0.3) is 0 Å². The fourth-order valence-corrected chi connectivity index (χ4v) is 2.37. The van der Waals surface area contributed by atoms with Crippen LogP contribution in [0.25, 0.3) is 0 Å². The first-order valence-corrected chi connectivity index (χ1v) is 6.89. The van der Waals surface area contributed by atoms with Gasteiger partial charge >= 0.3 is 5.97 Å². The first kappa shape index (κ1) is 16.0. The Kier molecular flexibility index (Phi) is 5.79. The Morgan fingerprint density at radius 1 is 1.37 bits per heavy atom. The van der Waals surface area contributed by atoms with Crippen LogP contribution in [0.1, 0.15) is 40.0 Å². The van der Waals surface area contributed by atoms with E-state index in [4.69, 9.17) is 9.84 Å². The van der Waals surface area contributed by atoms with Crippen molar-refractivity contribution in [2.75, 3.05) is 13.7 Å². The fourth-order valence-electron chi connectivity index (χ4n) is 2.37. The zero-order valence-corrected chi connectivity index (χ0v) is 12.3.